The van der Waals surface area contributed by atoms with Gasteiger partial charge in [0.2, 0.25) is 21.8 Å². The summed E-state index contributed by atoms with van der Waals surface area (Å²) >= 11 is 0. The molecule has 0 aliphatic carbocycles. The minimum absolute atomic E-state index is 0.00417. The molecule has 0 saturated carbocycles. The zero-order chi connectivity index (χ0) is 23.6. The van der Waals surface area contributed by atoms with Gasteiger partial charge in [-0.3, -0.25) is 9.59 Å². The number of piperazine rings is 1. The van der Waals surface area contributed by atoms with Crippen LogP contribution in [-0.2, 0) is 19.6 Å². The number of benzene rings is 2. The first-order valence-electron chi connectivity index (χ1n) is 11.2. The predicted octanol–water partition coefficient (Wildman–Crippen LogP) is 2.28. The number of amides is 2. The van der Waals surface area contributed by atoms with Crippen molar-refractivity contribution in [2.24, 2.45) is 5.92 Å². The van der Waals surface area contributed by atoms with Gasteiger partial charge in [0.25, 0.3) is 0 Å². The third kappa shape index (κ3) is 5.20. The van der Waals surface area contributed by atoms with E-state index >= 15 is 0 Å². The second kappa shape index (κ2) is 9.52. The molecule has 0 spiro atoms. The monoisotopic (exact) mass is 470 g/mol. The quantitative estimate of drug-likeness (QED) is 0.699. The van der Waals surface area contributed by atoms with Gasteiger partial charge < -0.3 is 15.5 Å². The lowest BCUT2D eigenvalue weighted by molar-refractivity contribution is -0.121. The first kappa shape index (κ1) is 23.3. The normalized spacial score (nSPS) is 18.1. The van der Waals surface area contributed by atoms with Crippen LogP contribution >= 0.6 is 0 Å². The average molecular weight is 471 g/mol. The summed E-state index contributed by atoms with van der Waals surface area (Å²) in [5.74, 6) is -0.325. The highest BCUT2D eigenvalue weighted by atomic mass is 32.2. The summed E-state index contributed by atoms with van der Waals surface area (Å²) in [5.41, 5.74) is 3.63. The second-order valence-corrected chi connectivity index (χ2v) is 10.7. The second-order valence-electron chi connectivity index (χ2n) is 8.73. The molecule has 176 valence electrons. The number of anilines is 2. The maximum absolute atomic E-state index is 13.0. The number of carbonyl (C=O) groups excluding carboxylic acids is 2. The lowest BCUT2D eigenvalue weighted by atomic mass is 9.97. The number of hydrogen-bond donors (Lipinski definition) is 2. The standard InChI is InChI=1S/C24H30N4O4S/c1-17-3-8-22(15-18(17)2)33(31,32)28-12-9-19(10-13-28)24(30)26-20-4-6-21(7-5-20)27-14-11-25-23(29)16-27/h3-8,15,19H,9-14,16H2,1-2H3,(H,25,29)(H,26,30). The lowest BCUT2D eigenvalue weighted by Crippen LogP contribution is -2.47. The molecular formula is C24H30N4O4S. The van der Waals surface area contributed by atoms with Crippen molar-refractivity contribution in [2.45, 2.75) is 31.6 Å². The molecule has 9 heteroatoms. The van der Waals surface area contributed by atoms with Crippen molar-refractivity contribution in [3.63, 3.8) is 0 Å². The number of rotatable bonds is 5. The number of piperidine rings is 1. The first-order chi connectivity index (χ1) is 15.7. The topological polar surface area (TPSA) is 98.8 Å². The summed E-state index contributed by atoms with van der Waals surface area (Å²) in [5, 5.41) is 5.75. The summed E-state index contributed by atoms with van der Waals surface area (Å²) in [6.45, 7) is 6.20. The Labute approximate surface area is 195 Å². The number of carbonyl (C=O) groups is 2. The Kier molecular flexibility index (Phi) is 6.71. The molecule has 2 amide bonds. The van der Waals surface area contributed by atoms with Crippen molar-refractivity contribution >= 4 is 33.2 Å². The van der Waals surface area contributed by atoms with Crippen molar-refractivity contribution in [1.82, 2.24) is 9.62 Å². The van der Waals surface area contributed by atoms with Crippen LogP contribution in [0.4, 0.5) is 11.4 Å². The highest BCUT2D eigenvalue weighted by Crippen LogP contribution is 2.26. The largest absolute Gasteiger partial charge is 0.360 e. The Hall–Kier alpha value is -2.91. The average Bonchev–Trinajstić information content (AvgIpc) is 2.81. The van der Waals surface area contributed by atoms with Crippen LogP contribution in [-0.4, -0.2) is 57.3 Å². The van der Waals surface area contributed by atoms with E-state index in [2.05, 4.69) is 10.6 Å². The van der Waals surface area contributed by atoms with Gasteiger partial charge in [-0.2, -0.15) is 4.31 Å². The molecule has 0 radical (unpaired) electrons. The number of hydrogen-bond acceptors (Lipinski definition) is 5. The van der Waals surface area contributed by atoms with Crippen LogP contribution in [0.15, 0.2) is 47.4 Å². The highest BCUT2D eigenvalue weighted by Gasteiger charge is 2.32. The number of aryl methyl sites for hydroxylation is 2. The van der Waals surface area contributed by atoms with Gasteiger partial charge in [0.05, 0.1) is 11.4 Å². The number of nitrogens with one attached hydrogen (secondary N) is 2. The highest BCUT2D eigenvalue weighted by molar-refractivity contribution is 7.89. The van der Waals surface area contributed by atoms with E-state index in [1.54, 1.807) is 12.1 Å². The summed E-state index contributed by atoms with van der Waals surface area (Å²) in [6, 6.07) is 12.6. The molecule has 8 nitrogen and oxygen atoms in total. The Morgan fingerprint density at radius 2 is 1.70 bits per heavy atom. The molecular weight excluding hydrogens is 440 g/mol. The van der Waals surface area contributed by atoms with Crippen LogP contribution in [0.1, 0.15) is 24.0 Å². The Morgan fingerprint density at radius 1 is 1.00 bits per heavy atom. The van der Waals surface area contributed by atoms with E-state index in [0.29, 0.717) is 49.6 Å². The van der Waals surface area contributed by atoms with Gasteiger partial charge in [0, 0.05) is 43.5 Å². The Morgan fingerprint density at radius 3 is 2.33 bits per heavy atom. The van der Waals surface area contributed by atoms with Crippen LogP contribution in [0.5, 0.6) is 0 Å². The van der Waals surface area contributed by atoms with E-state index in [-0.39, 0.29) is 17.7 Å². The van der Waals surface area contributed by atoms with E-state index in [0.717, 1.165) is 23.4 Å². The van der Waals surface area contributed by atoms with Gasteiger partial charge in [-0.25, -0.2) is 8.42 Å². The predicted molar refractivity (Wildman–Crippen MR) is 128 cm³/mol. The SMILES string of the molecule is Cc1ccc(S(=O)(=O)N2CCC(C(=O)Nc3ccc(N4CCNC(=O)C4)cc3)CC2)cc1C. The minimum atomic E-state index is -3.56. The van der Waals surface area contributed by atoms with Gasteiger partial charge in [0.15, 0.2) is 0 Å². The molecule has 2 aromatic rings. The molecule has 2 heterocycles. The molecule has 2 aliphatic rings. The third-order valence-corrected chi connectivity index (χ3v) is 8.37. The molecule has 2 fully saturated rings. The van der Waals surface area contributed by atoms with Gasteiger partial charge in [-0.15, -0.1) is 0 Å². The molecule has 4 rings (SSSR count). The molecule has 0 aromatic heterocycles. The summed E-state index contributed by atoms with van der Waals surface area (Å²) < 4.78 is 27.5. The molecule has 2 aliphatic heterocycles. The third-order valence-electron chi connectivity index (χ3n) is 6.48. The number of nitrogens with zero attached hydrogens (tertiary/aromatic N) is 2. The van der Waals surface area contributed by atoms with Gasteiger partial charge >= 0.3 is 0 Å². The molecule has 0 bridgehead atoms. The molecule has 2 aromatic carbocycles. The fraction of sp³-hybridized carbons (Fsp3) is 0.417. The Balaban J connectivity index is 1.33. The lowest BCUT2D eigenvalue weighted by Gasteiger charge is -2.31. The van der Waals surface area contributed by atoms with Crippen molar-refractivity contribution in [3.05, 3.63) is 53.6 Å². The summed E-state index contributed by atoms with van der Waals surface area (Å²) in [7, 11) is -3.56. The van der Waals surface area contributed by atoms with Crippen molar-refractivity contribution in [2.75, 3.05) is 42.9 Å². The van der Waals surface area contributed by atoms with E-state index in [9.17, 15) is 18.0 Å². The van der Waals surface area contributed by atoms with E-state index in [1.807, 2.05) is 49.1 Å². The van der Waals surface area contributed by atoms with Crippen molar-refractivity contribution in [1.29, 1.82) is 0 Å². The van der Waals surface area contributed by atoms with Crippen molar-refractivity contribution in [3.8, 4) is 0 Å². The molecule has 0 atom stereocenters. The summed E-state index contributed by atoms with van der Waals surface area (Å²) in [4.78, 5) is 26.6. The maximum atomic E-state index is 13.0. The number of sulfonamides is 1. The molecule has 0 unspecified atom stereocenters. The summed E-state index contributed by atoms with van der Waals surface area (Å²) in [6.07, 6.45) is 0.966. The minimum Gasteiger partial charge on any atom is -0.360 e. The van der Waals surface area contributed by atoms with E-state index in [4.69, 9.17) is 0 Å². The molecule has 33 heavy (non-hydrogen) atoms. The van der Waals surface area contributed by atoms with Gasteiger partial charge in [0.1, 0.15) is 0 Å². The van der Waals surface area contributed by atoms with E-state index < -0.39 is 10.0 Å². The smallest absolute Gasteiger partial charge is 0.243 e. The zero-order valence-electron chi connectivity index (χ0n) is 19.0. The van der Waals surface area contributed by atoms with Crippen LogP contribution in [0.25, 0.3) is 0 Å². The first-order valence-corrected chi connectivity index (χ1v) is 12.7. The van der Waals surface area contributed by atoms with Crippen LogP contribution in [0.3, 0.4) is 0 Å². The fourth-order valence-electron chi connectivity index (χ4n) is 4.24. The van der Waals surface area contributed by atoms with Crippen molar-refractivity contribution < 1.29 is 18.0 Å². The van der Waals surface area contributed by atoms with Crippen LogP contribution < -0.4 is 15.5 Å². The fourth-order valence-corrected chi connectivity index (χ4v) is 5.80. The van der Waals surface area contributed by atoms with Gasteiger partial charge in [-0.1, -0.05) is 6.07 Å². The zero-order valence-corrected chi connectivity index (χ0v) is 19.8. The van der Waals surface area contributed by atoms with Crippen LogP contribution in [0.2, 0.25) is 0 Å². The van der Waals surface area contributed by atoms with E-state index in [1.165, 1.54) is 4.31 Å². The van der Waals surface area contributed by atoms with Crippen LogP contribution in [0, 0.1) is 19.8 Å². The molecule has 2 saturated heterocycles. The Bertz CT molecular complexity index is 1140. The van der Waals surface area contributed by atoms with Gasteiger partial charge in [-0.05, 0) is 74.2 Å². The molecule has 2 N–H and O–H groups in total. The maximum Gasteiger partial charge on any atom is 0.243 e.